The van der Waals surface area contributed by atoms with E-state index in [1.807, 2.05) is 6.07 Å². The van der Waals surface area contributed by atoms with Crippen molar-refractivity contribution in [2.75, 3.05) is 18.0 Å². The van der Waals surface area contributed by atoms with Crippen molar-refractivity contribution < 1.29 is 35.3 Å². The van der Waals surface area contributed by atoms with Crippen molar-refractivity contribution in [3.8, 4) is 0 Å². The third-order valence-electron chi connectivity index (χ3n) is 7.49. The zero-order valence-corrected chi connectivity index (χ0v) is 20.7. The molecule has 1 aromatic rings. The lowest BCUT2D eigenvalue weighted by atomic mass is 9.62. The topological polar surface area (TPSA) is 76.2 Å². The normalized spacial score (nSPS) is 31.2. The molecule has 11 heteroatoms. The van der Waals surface area contributed by atoms with E-state index in [0.717, 1.165) is 11.1 Å². The maximum absolute atomic E-state index is 13.6. The van der Waals surface area contributed by atoms with Gasteiger partial charge in [0, 0.05) is 19.0 Å². The van der Waals surface area contributed by atoms with Gasteiger partial charge in [0.1, 0.15) is 17.0 Å². The van der Waals surface area contributed by atoms with Crippen molar-refractivity contribution in [3.63, 3.8) is 0 Å². The summed E-state index contributed by atoms with van der Waals surface area (Å²) in [7, 11) is -5.86. The van der Waals surface area contributed by atoms with E-state index in [2.05, 4.69) is 4.90 Å². The fraction of sp³-hybridized carbons (Fsp3) is 0.542. The van der Waals surface area contributed by atoms with E-state index in [-0.39, 0.29) is 12.2 Å². The summed E-state index contributed by atoms with van der Waals surface area (Å²) in [6.45, 7) is 8.00. The van der Waals surface area contributed by atoms with Crippen molar-refractivity contribution in [2.45, 2.75) is 62.7 Å². The molecule has 3 aliphatic heterocycles. The number of amides is 1. The zero-order chi connectivity index (χ0) is 25.6. The highest BCUT2D eigenvalue weighted by molar-refractivity contribution is 7.87. The molecular weight excluding hydrogens is 485 g/mol. The number of anilines is 1. The standard InChI is InChI=1S/C24H27F3N2O5S/c1-5-15-14-28-11-10-22-13-19(34-35(31,32)24(25,26)27)16(15)12-23(22,28)29(20(30)33-21(2,3)4)18-9-7-6-8-17(18)22/h5-9,13,16H,10-12,14H2,1-4H3/b15-5-/t16-,22+,23+/m0/s1. The lowest BCUT2D eigenvalue weighted by Crippen LogP contribution is -2.69. The van der Waals surface area contributed by atoms with Crippen LogP contribution < -0.4 is 4.90 Å². The second kappa shape index (κ2) is 7.25. The van der Waals surface area contributed by atoms with Crippen LogP contribution in [0.2, 0.25) is 0 Å². The van der Waals surface area contributed by atoms with Gasteiger partial charge in [-0.1, -0.05) is 24.3 Å². The number of rotatable bonds is 2. The van der Waals surface area contributed by atoms with Crippen LogP contribution >= 0.6 is 0 Å². The van der Waals surface area contributed by atoms with Gasteiger partial charge in [-0.05, 0) is 63.8 Å². The highest BCUT2D eigenvalue weighted by Crippen LogP contribution is 2.67. The molecule has 3 heterocycles. The molecule has 1 amide bonds. The Morgan fingerprint density at radius 2 is 1.89 bits per heavy atom. The molecule has 2 saturated heterocycles. The Labute approximate surface area is 202 Å². The molecule has 1 spiro atoms. The van der Waals surface area contributed by atoms with E-state index in [0.29, 0.717) is 25.2 Å². The second-order valence-corrected chi connectivity index (χ2v) is 12.0. The molecule has 0 N–H and O–H groups in total. The van der Waals surface area contributed by atoms with Gasteiger partial charge in [-0.25, -0.2) is 4.79 Å². The number of ether oxygens (including phenoxy) is 1. The number of hydrogen-bond acceptors (Lipinski definition) is 6. The monoisotopic (exact) mass is 512 g/mol. The van der Waals surface area contributed by atoms with Crippen LogP contribution in [0.15, 0.2) is 47.7 Å². The number of para-hydroxylation sites is 1. The van der Waals surface area contributed by atoms with E-state index in [4.69, 9.17) is 8.92 Å². The third-order valence-corrected chi connectivity index (χ3v) is 8.47. The van der Waals surface area contributed by atoms with E-state index in [1.54, 1.807) is 56.9 Å². The van der Waals surface area contributed by atoms with Crippen LogP contribution in [0.4, 0.5) is 23.7 Å². The number of carbonyl (C=O) groups excluding carboxylic acids is 1. The Kier molecular flexibility index (Phi) is 5.01. The van der Waals surface area contributed by atoms with Gasteiger partial charge in [0.2, 0.25) is 0 Å². The number of allylic oxidation sites excluding steroid dienone is 2. The number of carbonyl (C=O) groups is 1. The maximum Gasteiger partial charge on any atom is 0.534 e. The smallest absolute Gasteiger partial charge is 0.443 e. The molecule has 190 valence electrons. The SMILES string of the molecule is C/C=C1/CN2CC[C@]34C=C(OS(=O)(=O)C(F)(F)F)[C@H]1C[C@]23N(C(=O)OC(C)(C)C)c1ccccc14. The molecule has 2 fully saturated rings. The van der Waals surface area contributed by atoms with Gasteiger partial charge in [-0.3, -0.25) is 9.80 Å². The molecule has 0 radical (unpaired) electrons. The third kappa shape index (κ3) is 3.20. The average Bonchev–Trinajstić information content (AvgIpc) is 3.19. The summed E-state index contributed by atoms with van der Waals surface area (Å²) in [5.41, 5.74) is -6.14. The van der Waals surface area contributed by atoms with Crippen LogP contribution in [-0.4, -0.2) is 49.3 Å². The molecule has 3 atom stereocenters. The molecule has 1 aromatic carbocycles. The number of fused-ring (bicyclic) bond motifs is 2. The predicted octanol–water partition coefficient (Wildman–Crippen LogP) is 4.81. The van der Waals surface area contributed by atoms with Gasteiger partial charge in [0.15, 0.2) is 0 Å². The molecule has 35 heavy (non-hydrogen) atoms. The van der Waals surface area contributed by atoms with Crippen LogP contribution in [0.3, 0.4) is 0 Å². The number of alkyl halides is 3. The van der Waals surface area contributed by atoms with Gasteiger partial charge in [-0.2, -0.15) is 21.6 Å². The van der Waals surface area contributed by atoms with Crippen LogP contribution in [0.1, 0.15) is 46.1 Å². The van der Waals surface area contributed by atoms with Crippen LogP contribution in [0, 0.1) is 5.92 Å². The van der Waals surface area contributed by atoms with Crippen molar-refractivity contribution in [2.24, 2.45) is 5.92 Å². The van der Waals surface area contributed by atoms with Crippen molar-refractivity contribution >= 4 is 21.9 Å². The fourth-order valence-electron chi connectivity index (χ4n) is 6.27. The summed E-state index contributed by atoms with van der Waals surface area (Å²) in [5, 5.41) is 0. The number of piperidine rings is 1. The molecule has 4 aliphatic rings. The van der Waals surface area contributed by atoms with Gasteiger partial charge in [0.25, 0.3) is 0 Å². The largest absolute Gasteiger partial charge is 0.534 e. The number of benzene rings is 1. The minimum absolute atomic E-state index is 0.180. The Balaban J connectivity index is 1.74. The molecule has 1 aliphatic carbocycles. The first-order valence-corrected chi connectivity index (χ1v) is 12.8. The first-order chi connectivity index (χ1) is 16.2. The van der Waals surface area contributed by atoms with Crippen molar-refractivity contribution in [1.82, 2.24) is 4.90 Å². The Morgan fingerprint density at radius 1 is 1.20 bits per heavy atom. The van der Waals surface area contributed by atoms with Crippen LogP contribution in [0.25, 0.3) is 0 Å². The lowest BCUT2D eigenvalue weighted by molar-refractivity contribution is -0.0535. The molecule has 5 rings (SSSR count). The number of halogens is 3. The Bertz CT molecular complexity index is 1270. The minimum Gasteiger partial charge on any atom is -0.443 e. The van der Waals surface area contributed by atoms with E-state index < -0.39 is 44.3 Å². The lowest BCUT2D eigenvalue weighted by Gasteiger charge is -2.56. The summed E-state index contributed by atoms with van der Waals surface area (Å²) >= 11 is 0. The Morgan fingerprint density at radius 3 is 2.51 bits per heavy atom. The first-order valence-electron chi connectivity index (χ1n) is 11.4. The van der Waals surface area contributed by atoms with Crippen LogP contribution in [-0.2, 0) is 24.5 Å². The van der Waals surface area contributed by atoms with Crippen molar-refractivity contribution in [1.29, 1.82) is 0 Å². The fourth-order valence-corrected chi connectivity index (χ4v) is 6.78. The van der Waals surface area contributed by atoms with Gasteiger partial charge in [-0.15, -0.1) is 0 Å². The minimum atomic E-state index is -5.86. The highest BCUT2D eigenvalue weighted by atomic mass is 32.2. The van der Waals surface area contributed by atoms with E-state index >= 15 is 0 Å². The van der Waals surface area contributed by atoms with E-state index in [9.17, 15) is 26.4 Å². The summed E-state index contributed by atoms with van der Waals surface area (Å²) in [4.78, 5) is 17.4. The molecule has 0 saturated carbocycles. The van der Waals surface area contributed by atoms with Gasteiger partial charge >= 0.3 is 21.7 Å². The summed E-state index contributed by atoms with van der Waals surface area (Å²) < 4.78 is 74.5. The summed E-state index contributed by atoms with van der Waals surface area (Å²) in [5.74, 6) is -0.979. The molecule has 2 bridgehead atoms. The van der Waals surface area contributed by atoms with E-state index in [1.165, 1.54) is 6.08 Å². The number of nitrogens with zero attached hydrogens (tertiary/aromatic N) is 2. The second-order valence-electron chi connectivity index (χ2n) is 10.4. The van der Waals surface area contributed by atoms with Gasteiger partial charge in [0.05, 0.1) is 11.1 Å². The average molecular weight is 513 g/mol. The molecule has 0 aromatic heterocycles. The highest BCUT2D eigenvalue weighted by Gasteiger charge is 2.73. The molecular formula is C24H27F3N2O5S. The summed E-state index contributed by atoms with van der Waals surface area (Å²) in [6.07, 6.45) is 3.41. The Hall–Kier alpha value is -2.53. The summed E-state index contributed by atoms with van der Waals surface area (Å²) in [6, 6.07) is 7.22. The number of hydrogen-bond donors (Lipinski definition) is 0. The van der Waals surface area contributed by atoms with Crippen LogP contribution in [0.5, 0.6) is 0 Å². The molecule has 0 unspecified atom stereocenters. The van der Waals surface area contributed by atoms with Crippen molar-refractivity contribution in [3.05, 3.63) is 53.3 Å². The first kappa shape index (κ1) is 24.2. The quantitative estimate of drug-likeness (QED) is 0.322. The van der Waals surface area contributed by atoms with Gasteiger partial charge < -0.3 is 8.92 Å². The zero-order valence-electron chi connectivity index (χ0n) is 19.8. The predicted molar refractivity (Wildman–Crippen MR) is 122 cm³/mol. The maximum atomic E-state index is 13.6. The molecule has 7 nitrogen and oxygen atoms in total.